The monoisotopic (exact) mass is 252 g/mol. The second-order valence-electron chi connectivity index (χ2n) is 5.78. The van der Waals surface area contributed by atoms with Gasteiger partial charge in [0.1, 0.15) is 5.76 Å². The molecule has 1 rings (SSSR count). The number of hydrogen-bond donors (Lipinski definition) is 1. The van der Waals surface area contributed by atoms with Gasteiger partial charge in [0.25, 0.3) is 0 Å². The highest BCUT2D eigenvalue weighted by Crippen LogP contribution is 2.28. The van der Waals surface area contributed by atoms with Gasteiger partial charge in [-0.1, -0.05) is 27.7 Å². The summed E-state index contributed by atoms with van der Waals surface area (Å²) in [5.41, 5.74) is 6.01. The minimum atomic E-state index is 0.148. The van der Waals surface area contributed by atoms with E-state index in [2.05, 4.69) is 38.7 Å². The van der Waals surface area contributed by atoms with Gasteiger partial charge in [0, 0.05) is 6.54 Å². The molecule has 1 aromatic heterocycles. The summed E-state index contributed by atoms with van der Waals surface area (Å²) in [6, 6.07) is 4.41. The van der Waals surface area contributed by atoms with Gasteiger partial charge in [-0.05, 0) is 43.5 Å². The maximum atomic E-state index is 5.86. The first-order valence-electron chi connectivity index (χ1n) is 7.01. The number of hydrogen-bond acceptors (Lipinski definition) is 3. The summed E-state index contributed by atoms with van der Waals surface area (Å²) in [6.07, 6.45) is 3.97. The third-order valence-electron chi connectivity index (χ3n) is 3.39. The molecule has 0 aliphatic carbocycles. The molecular formula is C15H28N2O. The van der Waals surface area contributed by atoms with Crippen molar-refractivity contribution in [2.24, 2.45) is 11.1 Å². The van der Waals surface area contributed by atoms with E-state index in [1.165, 1.54) is 0 Å². The van der Waals surface area contributed by atoms with E-state index in [-0.39, 0.29) is 5.41 Å². The third-order valence-corrected chi connectivity index (χ3v) is 3.39. The van der Waals surface area contributed by atoms with Crippen molar-refractivity contribution in [2.45, 2.75) is 46.6 Å². The van der Waals surface area contributed by atoms with Crippen LogP contribution in [0.2, 0.25) is 0 Å². The Bertz CT molecular complexity index is 319. The molecule has 0 saturated heterocycles. The zero-order valence-electron chi connectivity index (χ0n) is 12.3. The van der Waals surface area contributed by atoms with Crippen LogP contribution in [0.25, 0.3) is 0 Å². The van der Waals surface area contributed by atoms with Crippen molar-refractivity contribution in [1.29, 1.82) is 0 Å². The van der Waals surface area contributed by atoms with Crippen LogP contribution in [0.4, 0.5) is 0 Å². The smallest absolute Gasteiger partial charge is 0.120 e. The van der Waals surface area contributed by atoms with E-state index in [0.717, 1.165) is 31.7 Å². The lowest BCUT2D eigenvalue weighted by molar-refractivity contribution is 0.115. The van der Waals surface area contributed by atoms with Gasteiger partial charge in [-0.3, -0.25) is 4.90 Å². The van der Waals surface area contributed by atoms with Gasteiger partial charge in [-0.15, -0.1) is 0 Å². The Hall–Kier alpha value is -0.800. The topological polar surface area (TPSA) is 42.4 Å². The summed E-state index contributed by atoms with van der Waals surface area (Å²) in [5.74, 6) is 1.07. The molecule has 104 valence electrons. The van der Waals surface area contributed by atoms with Gasteiger partial charge in [0.05, 0.1) is 12.3 Å². The second-order valence-corrected chi connectivity index (χ2v) is 5.78. The fourth-order valence-corrected chi connectivity index (χ4v) is 2.37. The highest BCUT2D eigenvalue weighted by molar-refractivity contribution is 5.05. The van der Waals surface area contributed by atoms with Crippen molar-refractivity contribution in [3.63, 3.8) is 0 Å². The fourth-order valence-electron chi connectivity index (χ4n) is 2.37. The SMILES string of the molecule is CCCN(CC(C)(C)CN)C(CC)c1ccco1. The van der Waals surface area contributed by atoms with Gasteiger partial charge < -0.3 is 10.2 Å². The van der Waals surface area contributed by atoms with Crippen LogP contribution in [0.5, 0.6) is 0 Å². The zero-order valence-corrected chi connectivity index (χ0v) is 12.3. The number of furan rings is 1. The lowest BCUT2D eigenvalue weighted by atomic mass is 9.91. The third kappa shape index (κ3) is 4.14. The Labute approximate surface area is 111 Å². The molecule has 1 atom stereocenters. The van der Waals surface area contributed by atoms with Crippen molar-refractivity contribution in [3.05, 3.63) is 24.2 Å². The van der Waals surface area contributed by atoms with Crippen molar-refractivity contribution in [2.75, 3.05) is 19.6 Å². The average molecular weight is 252 g/mol. The molecule has 1 unspecified atom stereocenters. The molecule has 2 N–H and O–H groups in total. The van der Waals surface area contributed by atoms with E-state index in [9.17, 15) is 0 Å². The second kappa shape index (κ2) is 6.95. The molecule has 0 radical (unpaired) electrons. The van der Waals surface area contributed by atoms with Crippen LogP contribution < -0.4 is 5.73 Å². The summed E-state index contributed by atoms with van der Waals surface area (Å²) in [7, 11) is 0. The highest BCUT2D eigenvalue weighted by atomic mass is 16.3. The summed E-state index contributed by atoms with van der Waals surface area (Å²) >= 11 is 0. The molecule has 0 fully saturated rings. The predicted octanol–water partition coefficient (Wildman–Crippen LogP) is 3.43. The van der Waals surface area contributed by atoms with Gasteiger partial charge in [-0.2, -0.15) is 0 Å². The first-order chi connectivity index (χ1) is 8.54. The first-order valence-corrected chi connectivity index (χ1v) is 7.01. The average Bonchev–Trinajstić information content (AvgIpc) is 2.83. The Kier molecular flexibility index (Phi) is 5.89. The van der Waals surface area contributed by atoms with Crippen LogP contribution in [-0.2, 0) is 0 Å². The van der Waals surface area contributed by atoms with Crippen LogP contribution in [0, 0.1) is 5.41 Å². The molecule has 0 saturated carbocycles. The van der Waals surface area contributed by atoms with Crippen LogP contribution in [0.15, 0.2) is 22.8 Å². The number of nitrogens with zero attached hydrogens (tertiary/aromatic N) is 1. The Morgan fingerprint density at radius 1 is 1.39 bits per heavy atom. The molecule has 0 amide bonds. The van der Waals surface area contributed by atoms with Crippen molar-refractivity contribution >= 4 is 0 Å². The minimum Gasteiger partial charge on any atom is -0.468 e. The highest BCUT2D eigenvalue weighted by Gasteiger charge is 2.26. The first kappa shape index (κ1) is 15.3. The maximum Gasteiger partial charge on any atom is 0.120 e. The molecule has 18 heavy (non-hydrogen) atoms. The summed E-state index contributed by atoms with van der Waals surface area (Å²) in [5, 5.41) is 0. The lowest BCUT2D eigenvalue weighted by Gasteiger charge is -2.36. The molecule has 1 aromatic rings. The van der Waals surface area contributed by atoms with E-state index in [0.29, 0.717) is 12.6 Å². The number of nitrogens with two attached hydrogens (primary N) is 1. The Morgan fingerprint density at radius 3 is 2.56 bits per heavy atom. The van der Waals surface area contributed by atoms with Crippen molar-refractivity contribution < 1.29 is 4.42 Å². The molecule has 0 bridgehead atoms. The molecule has 0 aliphatic heterocycles. The molecular weight excluding hydrogens is 224 g/mol. The van der Waals surface area contributed by atoms with Gasteiger partial charge in [0.2, 0.25) is 0 Å². The van der Waals surface area contributed by atoms with Crippen LogP contribution in [0.3, 0.4) is 0 Å². The maximum absolute atomic E-state index is 5.86. The number of rotatable bonds is 8. The van der Waals surface area contributed by atoms with Gasteiger partial charge in [-0.25, -0.2) is 0 Å². The largest absolute Gasteiger partial charge is 0.468 e. The quantitative estimate of drug-likeness (QED) is 0.770. The van der Waals surface area contributed by atoms with Crippen LogP contribution in [0.1, 0.15) is 52.3 Å². The van der Waals surface area contributed by atoms with E-state index < -0.39 is 0 Å². The summed E-state index contributed by atoms with van der Waals surface area (Å²) < 4.78 is 5.59. The van der Waals surface area contributed by atoms with Crippen molar-refractivity contribution in [3.8, 4) is 0 Å². The zero-order chi connectivity index (χ0) is 13.6. The molecule has 0 aromatic carbocycles. The Morgan fingerprint density at radius 2 is 2.11 bits per heavy atom. The summed E-state index contributed by atoms with van der Waals surface area (Å²) in [6.45, 7) is 11.7. The molecule has 3 heteroatoms. The van der Waals surface area contributed by atoms with Crippen LogP contribution >= 0.6 is 0 Å². The summed E-state index contributed by atoms with van der Waals surface area (Å²) in [4.78, 5) is 2.51. The normalized spacial score (nSPS) is 14.1. The lowest BCUT2D eigenvalue weighted by Crippen LogP contribution is -2.41. The van der Waals surface area contributed by atoms with E-state index >= 15 is 0 Å². The standard InChI is InChI=1S/C15H28N2O/c1-5-9-17(12-15(3,4)11-16)13(6-2)14-8-7-10-18-14/h7-8,10,13H,5-6,9,11-12,16H2,1-4H3. The van der Waals surface area contributed by atoms with Crippen molar-refractivity contribution in [1.82, 2.24) is 4.90 Å². The van der Waals surface area contributed by atoms with Gasteiger partial charge in [0.15, 0.2) is 0 Å². The molecule has 1 heterocycles. The van der Waals surface area contributed by atoms with E-state index in [1.54, 1.807) is 6.26 Å². The van der Waals surface area contributed by atoms with E-state index in [1.807, 2.05) is 6.07 Å². The fraction of sp³-hybridized carbons (Fsp3) is 0.733. The molecule has 0 aliphatic rings. The predicted molar refractivity (Wildman–Crippen MR) is 76.4 cm³/mol. The minimum absolute atomic E-state index is 0.148. The molecule has 0 spiro atoms. The Balaban J connectivity index is 2.81. The van der Waals surface area contributed by atoms with Crippen LogP contribution in [-0.4, -0.2) is 24.5 Å². The molecule has 3 nitrogen and oxygen atoms in total. The van der Waals surface area contributed by atoms with Gasteiger partial charge >= 0.3 is 0 Å². The van der Waals surface area contributed by atoms with E-state index in [4.69, 9.17) is 10.2 Å².